The lowest BCUT2D eigenvalue weighted by atomic mass is 10.1. The fraction of sp³-hybridized carbons (Fsp3) is 0.333. The molecule has 1 saturated carbocycles. The predicted molar refractivity (Wildman–Crippen MR) is 72.6 cm³/mol. The van der Waals surface area contributed by atoms with Crippen molar-refractivity contribution >= 4 is 5.82 Å². The minimum Gasteiger partial charge on any atom is -0.367 e. The van der Waals surface area contributed by atoms with E-state index in [1.54, 1.807) is 0 Å². The molecular formula is C15H16FN3. The van der Waals surface area contributed by atoms with Crippen LogP contribution >= 0.6 is 0 Å². The second-order valence-electron chi connectivity index (χ2n) is 4.86. The van der Waals surface area contributed by atoms with Gasteiger partial charge >= 0.3 is 0 Å². The maximum atomic E-state index is 14.1. The van der Waals surface area contributed by atoms with Crippen LogP contribution in [0.15, 0.2) is 36.7 Å². The number of anilines is 1. The molecule has 0 amide bonds. The molecule has 0 saturated heterocycles. The Hall–Kier alpha value is -1.97. The molecule has 1 fully saturated rings. The highest BCUT2D eigenvalue weighted by Gasteiger charge is 2.29. The van der Waals surface area contributed by atoms with Crippen molar-refractivity contribution in [1.29, 1.82) is 0 Å². The Morgan fingerprint density at radius 2 is 1.95 bits per heavy atom. The molecule has 2 aromatic rings. The number of halogens is 1. The van der Waals surface area contributed by atoms with Gasteiger partial charge < -0.3 is 5.32 Å². The van der Waals surface area contributed by atoms with Gasteiger partial charge in [0.1, 0.15) is 6.33 Å². The zero-order valence-electron chi connectivity index (χ0n) is 10.6. The monoisotopic (exact) mass is 257 g/mol. The lowest BCUT2D eigenvalue weighted by Crippen LogP contribution is -2.10. The zero-order valence-corrected chi connectivity index (χ0v) is 10.6. The molecule has 1 aromatic heterocycles. The van der Waals surface area contributed by atoms with Crippen molar-refractivity contribution in [2.24, 2.45) is 0 Å². The van der Waals surface area contributed by atoms with Crippen LogP contribution in [-0.4, -0.2) is 16.5 Å². The first kappa shape index (κ1) is 12.1. The van der Waals surface area contributed by atoms with E-state index in [2.05, 4.69) is 27.4 Å². The summed E-state index contributed by atoms with van der Waals surface area (Å²) in [5.74, 6) is 0.351. The quantitative estimate of drug-likeness (QED) is 0.894. The van der Waals surface area contributed by atoms with Crippen LogP contribution in [0.25, 0.3) is 0 Å². The van der Waals surface area contributed by atoms with Gasteiger partial charge in [0, 0.05) is 12.5 Å². The molecule has 19 heavy (non-hydrogen) atoms. The number of benzene rings is 1. The number of aromatic nitrogens is 2. The van der Waals surface area contributed by atoms with Crippen LogP contribution in [0, 0.1) is 5.82 Å². The first-order valence-corrected chi connectivity index (χ1v) is 6.63. The zero-order chi connectivity index (χ0) is 13.1. The van der Waals surface area contributed by atoms with Gasteiger partial charge in [-0.2, -0.15) is 0 Å². The number of nitrogens with zero attached hydrogens (tertiary/aromatic N) is 2. The highest BCUT2D eigenvalue weighted by molar-refractivity contribution is 5.39. The van der Waals surface area contributed by atoms with Gasteiger partial charge in [0.05, 0.1) is 5.69 Å². The molecule has 1 heterocycles. The highest BCUT2D eigenvalue weighted by Crippen LogP contribution is 2.40. The smallest absolute Gasteiger partial charge is 0.187 e. The number of nitrogens with one attached hydrogen (secondary N) is 1. The maximum absolute atomic E-state index is 14.1. The minimum absolute atomic E-state index is 0.280. The Morgan fingerprint density at radius 3 is 2.68 bits per heavy atom. The number of rotatable bonds is 5. The van der Waals surface area contributed by atoms with E-state index < -0.39 is 0 Å². The first-order valence-electron chi connectivity index (χ1n) is 6.63. The van der Waals surface area contributed by atoms with Crippen molar-refractivity contribution in [1.82, 2.24) is 9.97 Å². The van der Waals surface area contributed by atoms with Crippen LogP contribution in [0.3, 0.4) is 0 Å². The summed E-state index contributed by atoms with van der Waals surface area (Å²) < 4.78 is 14.1. The predicted octanol–water partition coefficient (Wildman–Crippen LogP) is 3.15. The summed E-state index contributed by atoms with van der Waals surface area (Å²) in [5, 5.41) is 3.06. The SMILES string of the molecule is Fc1c(NCCc2ccccc2)ncnc1C1CC1. The molecule has 0 spiro atoms. The fourth-order valence-corrected chi connectivity index (χ4v) is 2.12. The summed E-state index contributed by atoms with van der Waals surface area (Å²) in [5.41, 5.74) is 1.80. The van der Waals surface area contributed by atoms with Crippen LogP contribution in [-0.2, 0) is 6.42 Å². The van der Waals surface area contributed by atoms with Gasteiger partial charge in [-0.15, -0.1) is 0 Å². The van der Waals surface area contributed by atoms with Crippen LogP contribution in [0.4, 0.5) is 10.2 Å². The van der Waals surface area contributed by atoms with E-state index in [4.69, 9.17) is 0 Å². The molecule has 1 aliphatic carbocycles. The van der Waals surface area contributed by atoms with Crippen LogP contribution in [0.1, 0.15) is 30.0 Å². The third kappa shape index (κ3) is 2.89. The van der Waals surface area contributed by atoms with E-state index in [1.165, 1.54) is 11.9 Å². The summed E-state index contributed by atoms with van der Waals surface area (Å²) in [7, 11) is 0. The maximum Gasteiger partial charge on any atom is 0.187 e. The second kappa shape index (κ2) is 5.34. The Balaban J connectivity index is 1.62. The Morgan fingerprint density at radius 1 is 1.16 bits per heavy atom. The Labute approximate surface area is 111 Å². The fourth-order valence-electron chi connectivity index (χ4n) is 2.12. The molecule has 0 unspecified atom stereocenters. The molecule has 3 nitrogen and oxygen atoms in total. The molecule has 0 bridgehead atoms. The van der Waals surface area contributed by atoms with Gasteiger partial charge in [-0.1, -0.05) is 30.3 Å². The van der Waals surface area contributed by atoms with Crippen LogP contribution < -0.4 is 5.32 Å². The van der Waals surface area contributed by atoms with Gasteiger partial charge in [-0.25, -0.2) is 14.4 Å². The van der Waals surface area contributed by atoms with Gasteiger partial charge in [-0.3, -0.25) is 0 Å². The summed E-state index contributed by atoms with van der Waals surface area (Å²) >= 11 is 0. The third-order valence-electron chi connectivity index (χ3n) is 3.33. The Bertz CT molecular complexity index is 553. The van der Waals surface area contributed by atoms with Crippen molar-refractivity contribution < 1.29 is 4.39 Å². The van der Waals surface area contributed by atoms with E-state index in [0.717, 1.165) is 19.3 Å². The average Bonchev–Trinajstić information content (AvgIpc) is 3.26. The Kier molecular flexibility index (Phi) is 3.40. The van der Waals surface area contributed by atoms with Crippen molar-refractivity contribution in [2.45, 2.75) is 25.2 Å². The normalized spacial score (nSPS) is 14.4. The van der Waals surface area contributed by atoms with Crippen molar-refractivity contribution in [3.05, 3.63) is 53.7 Å². The summed E-state index contributed by atoms with van der Waals surface area (Å²) in [4.78, 5) is 8.02. The summed E-state index contributed by atoms with van der Waals surface area (Å²) in [6.45, 7) is 0.669. The highest BCUT2D eigenvalue weighted by atomic mass is 19.1. The van der Waals surface area contributed by atoms with Gasteiger partial charge in [-0.05, 0) is 24.8 Å². The largest absolute Gasteiger partial charge is 0.367 e. The molecule has 0 atom stereocenters. The molecule has 0 radical (unpaired) electrons. The van der Waals surface area contributed by atoms with E-state index >= 15 is 0 Å². The van der Waals surface area contributed by atoms with Gasteiger partial charge in [0.15, 0.2) is 11.6 Å². The van der Waals surface area contributed by atoms with E-state index in [0.29, 0.717) is 24.0 Å². The molecule has 3 rings (SSSR count). The number of hydrogen-bond donors (Lipinski definition) is 1. The summed E-state index contributed by atoms with van der Waals surface area (Å²) in [6.07, 6.45) is 4.37. The summed E-state index contributed by atoms with van der Waals surface area (Å²) in [6, 6.07) is 10.1. The van der Waals surface area contributed by atoms with Crippen LogP contribution in [0.5, 0.6) is 0 Å². The second-order valence-corrected chi connectivity index (χ2v) is 4.86. The standard InChI is InChI=1S/C15H16FN3/c16-13-14(12-6-7-12)18-10-19-15(13)17-9-8-11-4-2-1-3-5-11/h1-5,10,12H,6-9H2,(H,17,18,19). The average molecular weight is 257 g/mol. The van der Waals surface area contributed by atoms with Gasteiger partial charge in [0.25, 0.3) is 0 Å². The molecule has 1 N–H and O–H groups in total. The van der Waals surface area contributed by atoms with E-state index in [-0.39, 0.29) is 5.82 Å². The molecule has 1 aliphatic rings. The number of hydrogen-bond acceptors (Lipinski definition) is 3. The molecule has 0 aliphatic heterocycles. The van der Waals surface area contributed by atoms with E-state index in [9.17, 15) is 4.39 Å². The topological polar surface area (TPSA) is 37.8 Å². The molecule has 4 heteroatoms. The van der Waals surface area contributed by atoms with E-state index in [1.807, 2.05) is 18.2 Å². The van der Waals surface area contributed by atoms with Crippen molar-refractivity contribution in [2.75, 3.05) is 11.9 Å². The van der Waals surface area contributed by atoms with Crippen molar-refractivity contribution in [3.8, 4) is 0 Å². The van der Waals surface area contributed by atoms with Crippen LogP contribution in [0.2, 0.25) is 0 Å². The lowest BCUT2D eigenvalue weighted by molar-refractivity contribution is 0.595. The van der Waals surface area contributed by atoms with Gasteiger partial charge in [0.2, 0.25) is 0 Å². The first-order chi connectivity index (χ1) is 9.34. The lowest BCUT2D eigenvalue weighted by Gasteiger charge is -2.08. The van der Waals surface area contributed by atoms with Crippen molar-refractivity contribution in [3.63, 3.8) is 0 Å². The molecule has 1 aromatic carbocycles. The molecular weight excluding hydrogens is 241 g/mol. The molecule has 98 valence electrons. The minimum atomic E-state index is -0.280. The third-order valence-corrected chi connectivity index (χ3v) is 3.33.